The zero-order valence-corrected chi connectivity index (χ0v) is 19.0. The van der Waals surface area contributed by atoms with Gasteiger partial charge in [-0.15, -0.1) is 0 Å². The Morgan fingerprint density at radius 1 is 1.21 bits per heavy atom. The standard InChI is InChI=1S/C20H20ClN3O8S/c1-13-2-3-14(10-18(13)33(29,30)23-6-8-31-9-7-23)22-19(25)12-32-20(26)16-5-4-15(24(27)28)11-17(16)21/h2-5,10-11H,6-9,12H2,1H3,(H,22,25). The summed E-state index contributed by atoms with van der Waals surface area (Å²) < 4.78 is 37.3. The van der Waals surface area contributed by atoms with Crippen molar-refractivity contribution in [3.8, 4) is 0 Å². The molecule has 3 rings (SSSR count). The van der Waals surface area contributed by atoms with Crippen LogP contribution in [0.15, 0.2) is 41.3 Å². The average Bonchev–Trinajstić information content (AvgIpc) is 2.79. The van der Waals surface area contributed by atoms with Crippen molar-refractivity contribution in [2.75, 3.05) is 38.2 Å². The van der Waals surface area contributed by atoms with Gasteiger partial charge in [0.05, 0.1) is 33.6 Å². The summed E-state index contributed by atoms with van der Waals surface area (Å²) in [7, 11) is -3.77. The van der Waals surface area contributed by atoms with Gasteiger partial charge in [0, 0.05) is 30.9 Å². The van der Waals surface area contributed by atoms with Gasteiger partial charge in [0.2, 0.25) is 10.0 Å². The third-order valence-electron chi connectivity index (χ3n) is 4.78. The molecule has 0 atom stereocenters. The lowest BCUT2D eigenvalue weighted by molar-refractivity contribution is -0.384. The molecule has 0 aliphatic carbocycles. The highest BCUT2D eigenvalue weighted by atomic mass is 35.5. The SMILES string of the molecule is Cc1ccc(NC(=O)COC(=O)c2ccc([N+](=O)[O-])cc2Cl)cc1S(=O)(=O)N1CCOCC1. The Kier molecular flexibility index (Phi) is 7.64. The summed E-state index contributed by atoms with van der Waals surface area (Å²) in [5, 5.41) is 13.0. The van der Waals surface area contributed by atoms with Crippen molar-refractivity contribution >= 4 is 44.9 Å². The van der Waals surface area contributed by atoms with E-state index in [0.29, 0.717) is 18.8 Å². The zero-order valence-electron chi connectivity index (χ0n) is 17.4. The lowest BCUT2D eigenvalue weighted by atomic mass is 10.2. The van der Waals surface area contributed by atoms with E-state index >= 15 is 0 Å². The lowest BCUT2D eigenvalue weighted by Crippen LogP contribution is -2.40. The van der Waals surface area contributed by atoms with Crippen molar-refractivity contribution in [3.05, 3.63) is 62.7 Å². The van der Waals surface area contributed by atoms with Crippen LogP contribution in [0.3, 0.4) is 0 Å². The van der Waals surface area contributed by atoms with Crippen LogP contribution in [-0.4, -0.2) is 62.4 Å². The molecular formula is C20H20ClN3O8S. The minimum Gasteiger partial charge on any atom is -0.452 e. The Bertz CT molecular complexity index is 1200. The minimum absolute atomic E-state index is 0.0526. The van der Waals surface area contributed by atoms with Crippen LogP contribution in [0, 0.1) is 17.0 Å². The number of amides is 1. The Morgan fingerprint density at radius 2 is 1.91 bits per heavy atom. The molecule has 0 saturated carbocycles. The molecule has 1 amide bonds. The number of nitrogens with zero attached hydrogens (tertiary/aromatic N) is 2. The smallest absolute Gasteiger partial charge is 0.340 e. The second kappa shape index (κ2) is 10.3. The fraction of sp³-hybridized carbons (Fsp3) is 0.300. The molecule has 1 aliphatic heterocycles. The number of carbonyl (C=O) groups is 2. The van der Waals surface area contributed by atoms with E-state index in [1.807, 2.05) is 0 Å². The highest BCUT2D eigenvalue weighted by Crippen LogP contribution is 2.25. The van der Waals surface area contributed by atoms with Crippen molar-refractivity contribution < 1.29 is 32.4 Å². The molecule has 1 saturated heterocycles. The van der Waals surface area contributed by atoms with E-state index in [1.165, 1.54) is 16.4 Å². The van der Waals surface area contributed by atoms with Crippen molar-refractivity contribution in [1.82, 2.24) is 4.31 Å². The summed E-state index contributed by atoms with van der Waals surface area (Å²) in [6.07, 6.45) is 0. The Morgan fingerprint density at radius 3 is 2.55 bits per heavy atom. The van der Waals surface area contributed by atoms with E-state index in [1.54, 1.807) is 13.0 Å². The van der Waals surface area contributed by atoms with Gasteiger partial charge >= 0.3 is 5.97 Å². The summed E-state index contributed by atoms with van der Waals surface area (Å²) in [5.41, 5.74) is 0.293. The molecule has 2 aromatic carbocycles. The molecular weight excluding hydrogens is 478 g/mol. The fourth-order valence-corrected chi connectivity index (χ4v) is 4.98. The lowest BCUT2D eigenvalue weighted by Gasteiger charge is -2.26. The average molecular weight is 498 g/mol. The van der Waals surface area contributed by atoms with Gasteiger partial charge in [-0.05, 0) is 30.7 Å². The number of morpholine rings is 1. The van der Waals surface area contributed by atoms with Gasteiger partial charge in [-0.2, -0.15) is 4.31 Å². The molecule has 176 valence electrons. The quantitative estimate of drug-likeness (QED) is 0.348. The molecule has 0 radical (unpaired) electrons. The molecule has 33 heavy (non-hydrogen) atoms. The second-order valence-corrected chi connectivity index (χ2v) is 9.36. The predicted octanol–water partition coefficient (Wildman–Crippen LogP) is 2.37. The number of aryl methyl sites for hydroxylation is 1. The molecule has 0 aromatic heterocycles. The highest BCUT2D eigenvalue weighted by Gasteiger charge is 2.28. The normalized spacial score (nSPS) is 14.5. The first kappa shape index (κ1) is 24.6. The molecule has 0 bridgehead atoms. The van der Waals surface area contributed by atoms with Crippen LogP contribution < -0.4 is 5.32 Å². The summed E-state index contributed by atoms with van der Waals surface area (Å²) in [5.74, 6) is -1.65. The molecule has 2 aromatic rings. The molecule has 0 unspecified atom stereocenters. The monoisotopic (exact) mass is 497 g/mol. The van der Waals surface area contributed by atoms with Crippen LogP contribution >= 0.6 is 11.6 Å². The summed E-state index contributed by atoms with van der Waals surface area (Å²) in [4.78, 5) is 34.5. The number of nitro benzene ring substituents is 1. The number of rotatable bonds is 7. The minimum atomic E-state index is -3.77. The van der Waals surface area contributed by atoms with Crippen LogP contribution in [0.1, 0.15) is 15.9 Å². The maximum atomic E-state index is 12.9. The van der Waals surface area contributed by atoms with Gasteiger partial charge in [-0.25, -0.2) is 13.2 Å². The van der Waals surface area contributed by atoms with E-state index in [9.17, 15) is 28.1 Å². The van der Waals surface area contributed by atoms with Crippen LogP contribution in [0.25, 0.3) is 0 Å². The number of non-ortho nitro benzene ring substituents is 1. The molecule has 11 nitrogen and oxygen atoms in total. The van der Waals surface area contributed by atoms with E-state index in [-0.39, 0.29) is 39.9 Å². The van der Waals surface area contributed by atoms with Crippen LogP contribution in [0.2, 0.25) is 5.02 Å². The Labute approximate surface area is 194 Å². The molecule has 1 fully saturated rings. The van der Waals surface area contributed by atoms with Crippen LogP contribution in [0.4, 0.5) is 11.4 Å². The third kappa shape index (κ3) is 5.85. The van der Waals surface area contributed by atoms with Crippen LogP contribution in [-0.2, 0) is 24.3 Å². The number of hydrogen-bond acceptors (Lipinski definition) is 8. The van der Waals surface area contributed by atoms with Gasteiger partial charge in [0.25, 0.3) is 11.6 Å². The van der Waals surface area contributed by atoms with E-state index in [4.69, 9.17) is 21.1 Å². The number of nitro groups is 1. The first-order valence-corrected chi connectivity index (χ1v) is 11.5. The molecule has 0 spiro atoms. The number of nitrogens with one attached hydrogen (secondary N) is 1. The predicted molar refractivity (Wildman–Crippen MR) is 118 cm³/mol. The third-order valence-corrected chi connectivity index (χ3v) is 7.13. The number of esters is 1. The highest BCUT2D eigenvalue weighted by molar-refractivity contribution is 7.89. The van der Waals surface area contributed by atoms with E-state index in [0.717, 1.165) is 18.2 Å². The van der Waals surface area contributed by atoms with E-state index in [2.05, 4.69) is 5.32 Å². The van der Waals surface area contributed by atoms with Gasteiger partial charge in [-0.1, -0.05) is 17.7 Å². The van der Waals surface area contributed by atoms with Gasteiger partial charge < -0.3 is 14.8 Å². The van der Waals surface area contributed by atoms with Crippen LogP contribution in [0.5, 0.6) is 0 Å². The topological polar surface area (TPSA) is 145 Å². The number of sulfonamides is 1. The van der Waals surface area contributed by atoms with Crippen molar-refractivity contribution in [1.29, 1.82) is 0 Å². The summed E-state index contributed by atoms with van der Waals surface area (Å²) in [6, 6.07) is 7.65. The molecule has 1 heterocycles. The zero-order chi connectivity index (χ0) is 24.2. The summed E-state index contributed by atoms with van der Waals surface area (Å²) >= 11 is 5.88. The van der Waals surface area contributed by atoms with Gasteiger partial charge in [0.15, 0.2) is 6.61 Å². The number of halogens is 1. The largest absolute Gasteiger partial charge is 0.452 e. The number of carbonyl (C=O) groups excluding carboxylic acids is 2. The maximum absolute atomic E-state index is 12.9. The second-order valence-electron chi connectivity index (χ2n) is 7.04. The van der Waals surface area contributed by atoms with Crippen molar-refractivity contribution in [2.45, 2.75) is 11.8 Å². The number of hydrogen-bond donors (Lipinski definition) is 1. The molecule has 1 N–H and O–H groups in total. The van der Waals surface area contributed by atoms with Gasteiger partial charge in [0.1, 0.15) is 0 Å². The fourth-order valence-electron chi connectivity index (χ4n) is 3.07. The first-order valence-electron chi connectivity index (χ1n) is 9.69. The maximum Gasteiger partial charge on any atom is 0.340 e. The van der Waals surface area contributed by atoms with Crippen molar-refractivity contribution in [3.63, 3.8) is 0 Å². The summed E-state index contributed by atoms with van der Waals surface area (Å²) in [6.45, 7) is 2.05. The number of anilines is 1. The van der Waals surface area contributed by atoms with Crippen molar-refractivity contribution in [2.24, 2.45) is 0 Å². The van der Waals surface area contributed by atoms with E-state index < -0.39 is 33.4 Å². The number of ether oxygens (including phenoxy) is 2. The Hall–Kier alpha value is -3.06. The molecule has 1 aliphatic rings. The first-order chi connectivity index (χ1) is 15.6. The molecule has 13 heteroatoms. The van der Waals surface area contributed by atoms with Gasteiger partial charge in [-0.3, -0.25) is 14.9 Å². The number of benzene rings is 2. The Balaban J connectivity index is 1.65.